The van der Waals surface area contributed by atoms with Crippen molar-refractivity contribution in [3.8, 4) is 17.1 Å². The number of carbonyl (C=O) groups is 2. The minimum absolute atomic E-state index is 0.117. The number of thioether (sulfide) groups is 1. The van der Waals surface area contributed by atoms with Gasteiger partial charge in [0.25, 0.3) is 0 Å². The fourth-order valence-electron chi connectivity index (χ4n) is 6.74. The number of aromatic nitrogens is 4. The molecule has 3 heterocycles. The van der Waals surface area contributed by atoms with E-state index in [4.69, 9.17) is 21.1 Å². The van der Waals surface area contributed by atoms with Crippen molar-refractivity contribution in [3.63, 3.8) is 0 Å². The number of aryl methyl sites for hydroxylation is 1. The Kier molecular flexibility index (Phi) is 11.6. The van der Waals surface area contributed by atoms with Gasteiger partial charge in [0.2, 0.25) is 15.8 Å². The van der Waals surface area contributed by atoms with Crippen molar-refractivity contribution in [3.05, 3.63) is 148 Å². The van der Waals surface area contributed by atoms with E-state index in [-0.39, 0.29) is 35.6 Å². The highest BCUT2D eigenvalue weighted by molar-refractivity contribution is 7.99. The summed E-state index contributed by atoms with van der Waals surface area (Å²) in [5.74, 6) is -0.735. The van der Waals surface area contributed by atoms with E-state index in [0.717, 1.165) is 34.3 Å². The molecule has 11 nitrogen and oxygen atoms in total. The van der Waals surface area contributed by atoms with Crippen molar-refractivity contribution in [2.45, 2.75) is 29.9 Å². The molecule has 0 bridgehead atoms. The Morgan fingerprint density at radius 2 is 1.53 bits per heavy atom. The molecule has 0 spiro atoms. The maximum Gasteiger partial charge on any atom is 0.316 e. The summed E-state index contributed by atoms with van der Waals surface area (Å²) in [6.07, 6.45) is 0. The highest BCUT2D eigenvalue weighted by Gasteiger charge is 2.28. The van der Waals surface area contributed by atoms with Gasteiger partial charge in [-0.1, -0.05) is 102 Å². The summed E-state index contributed by atoms with van der Waals surface area (Å²) in [5, 5.41) is 9.59. The predicted octanol–water partition coefficient (Wildman–Crippen LogP) is 7.18. The second kappa shape index (κ2) is 16.8. The first-order valence-corrected chi connectivity index (χ1v) is 20.4. The van der Waals surface area contributed by atoms with Crippen LogP contribution >= 0.6 is 23.4 Å². The lowest BCUT2D eigenvalue weighted by Gasteiger charge is -2.26. The zero-order chi connectivity index (χ0) is 38.5. The van der Waals surface area contributed by atoms with Gasteiger partial charge >= 0.3 is 5.97 Å². The van der Waals surface area contributed by atoms with Gasteiger partial charge in [0, 0.05) is 40.6 Å². The molecule has 1 saturated heterocycles. The maximum absolute atomic E-state index is 13.5. The predicted molar refractivity (Wildman–Crippen MR) is 211 cm³/mol. The molecule has 0 unspecified atom stereocenters. The Bertz CT molecular complexity index is 2390. The maximum atomic E-state index is 13.5. The molecule has 1 aliphatic rings. The van der Waals surface area contributed by atoms with Gasteiger partial charge in [0.1, 0.15) is 0 Å². The van der Waals surface area contributed by atoms with E-state index in [9.17, 15) is 18.0 Å². The smallest absolute Gasteiger partial charge is 0.316 e. The number of nitrogens with zero attached hydrogens (tertiary/aromatic N) is 5. The number of ketones is 1. The third-order valence-corrected chi connectivity index (χ3v) is 12.4. The van der Waals surface area contributed by atoms with Crippen LogP contribution < -0.4 is 0 Å². The first kappa shape index (κ1) is 38.2. The van der Waals surface area contributed by atoms with Crippen molar-refractivity contribution in [1.82, 2.24) is 23.6 Å². The second-order valence-electron chi connectivity index (χ2n) is 12.9. The number of hydrogen-bond acceptors (Lipinski definition) is 9. The van der Waals surface area contributed by atoms with Gasteiger partial charge < -0.3 is 14.0 Å². The lowest BCUT2D eigenvalue weighted by Crippen LogP contribution is -2.40. The number of Topliss-reactive ketones (excluding diaryl/α,β-unsaturated/α-hetero) is 1. The van der Waals surface area contributed by atoms with E-state index in [1.54, 1.807) is 47.0 Å². The number of rotatable bonds is 13. The molecule has 2 aromatic heterocycles. The first-order valence-electron chi connectivity index (χ1n) is 17.6. The second-order valence-corrected chi connectivity index (χ2v) is 16.2. The fraction of sp³-hybridized carbons (Fsp3) is 0.220. The zero-order valence-electron chi connectivity index (χ0n) is 30.2. The SMILES string of the molecule is Cc1cc(C(=O)COC(=O)CSc2nnc(-c3cccc(S(=O)(=O)N4CCOCC4)c3)n2-c2cccc(Cl)c2)c(C)n1C(c1ccccc1)c1ccccc1. The van der Waals surface area contributed by atoms with Crippen LogP contribution in [0.4, 0.5) is 0 Å². The van der Waals surface area contributed by atoms with E-state index in [1.807, 2.05) is 62.4 Å². The van der Waals surface area contributed by atoms with Crippen LogP contribution in [-0.4, -0.2) is 82.5 Å². The molecule has 7 rings (SSSR count). The number of sulfonamides is 1. The Labute approximate surface area is 328 Å². The van der Waals surface area contributed by atoms with Crippen LogP contribution in [0.25, 0.3) is 17.1 Å². The van der Waals surface area contributed by atoms with E-state index in [1.165, 1.54) is 4.31 Å². The Balaban J connectivity index is 1.08. The van der Waals surface area contributed by atoms with Crippen molar-refractivity contribution < 1.29 is 27.5 Å². The summed E-state index contributed by atoms with van der Waals surface area (Å²) in [5.41, 5.74) is 5.43. The minimum atomic E-state index is -3.78. The van der Waals surface area contributed by atoms with E-state index in [2.05, 4.69) is 39.0 Å². The number of esters is 1. The molecule has 0 radical (unpaired) electrons. The number of carbonyl (C=O) groups excluding carboxylic acids is 2. The fourth-order valence-corrected chi connectivity index (χ4v) is 9.13. The minimum Gasteiger partial charge on any atom is -0.457 e. The molecule has 0 amide bonds. The van der Waals surface area contributed by atoms with Crippen LogP contribution in [0.3, 0.4) is 0 Å². The highest BCUT2D eigenvalue weighted by Crippen LogP contribution is 2.33. The summed E-state index contributed by atoms with van der Waals surface area (Å²) in [6.45, 7) is 4.64. The van der Waals surface area contributed by atoms with Crippen LogP contribution in [0.15, 0.2) is 125 Å². The van der Waals surface area contributed by atoms with Crippen molar-refractivity contribution in [2.24, 2.45) is 0 Å². The Morgan fingerprint density at radius 3 is 2.20 bits per heavy atom. The van der Waals surface area contributed by atoms with Crippen molar-refractivity contribution in [2.75, 3.05) is 38.7 Å². The number of ether oxygens (including phenoxy) is 2. The summed E-state index contributed by atoms with van der Waals surface area (Å²) >= 11 is 7.45. The molecule has 0 atom stereocenters. The van der Waals surface area contributed by atoms with E-state index < -0.39 is 22.6 Å². The molecule has 6 aromatic rings. The van der Waals surface area contributed by atoms with Crippen molar-refractivity contribution >= 4 is 45.1 Å². The van der Waals surface area contributed by atoms with Crippen LogP contribution in [0.1, 0.15) is 38.9 Å². The quantitative estimate of drug-likeness (QED) is 0.0679. The first-order chi connectivity index (χ1) is 26.6. The summed E-state index contributed by atoms with van der Waals surface area (Å²) in [6, 6.07) is 35.5. The number of hydrogen-bond donors (Lipinski definition) is 0. The van der Waals surface area contributed by atoms with Gasteiger partial charge in [-0.05, 0) is 61.4 Å². The monoisotopic (exact) mass is 795 g/mol. The Morgan fingerprint density at radius 1 is 0.855 bits per heavy atom. The molecular weight excluding hydrogens is 758 g/mol. The number of halogens is 1. The summed E-state index contributed by atoms with van der Waals surface area (Å²) in [4.78, 5) is 26.8. The number of morpholine rings is 1. The average Bonchev–Trinajstić information content (AvgIpc) is 3.77. The van der Waals surface area contributed by atoms with Gasteiger partial charge in [0.15, 0.2) is 17.6 Å². The van der Waals surface area contributed by atoms with Gasteiger partial charge in [-0.15, -0.1) is 10.2 Å². The van der Waals surface area contributed by atoms with Gasteiger partial charge in [-0.3, -0.25) is 14.2 Å². The van der Waals surface area contributed by atoms with Crippen LogP contribution in [0.5, 0.6) is 0 Å². The Hall–Kier alpha value is -5.05. The molecular formula is C41H38ClN5O6S2. The van der Waals surface area contributed by atoms with Gasteiger partial charge in [-0.2, -0.15) is 4.31 Å². The summed E-state index contributed by atoms with van der Waals surface area (Å²) < 4.78 is 43.0. The molecule has 0 aliphatic carbocycles. The molecule has 4 aromatic carbocycles. The topological polar surface area (TPSA) is 126 Å². The van der Waals surface area contributed by atoms with Crippen molar-refractivity contribution in [1.29, 1.82) is 0 Å². The lowest BCUT2D eigenvalue weighted by atomic mass is 9.98. The third kappa shape index (κ3) is 8.31. The zero-order valence-corrected chi connectivity index (χ0v) is 32.6. The lowest BCUT2D eigenvalue weighted by molar-refractivity contribution is -0.139. The van der Waals surface area contributed by atoms with Crippen LogP contribution in [0.2, 0.25) is 5.02 Å². The highest BCUT2D eigenvalue weighted by atomic mass is 35.5. The molecule has 1 aliphatic heterocycles. The molecule has 0 N–H and O–H groups in total. The summed E-state index contributed by atoms with van der Waals surface area (Å²) in [7, 11) is -3.78. The number of benzene rings is 4. The van der Waals surface area contributed by atoms with Crippen LogP contribution in [-0.2, 0) is 24.3 Å². The van der Waals surface area contributed by atoms with Gasteiger partial charge in [0.05, 0.1) is 35.6 Å². The third-order valence-electron chi connectivity index (χ3n) is 9.36. The molecule has 14 heteroatoms. The molecule has 0 saturated carbocycles. The van der Waals surface area contributed by atoms with Gasteiger partial charge in [-0.25, -0.2) is 8.42 Å². The van der Waals surface area contributed by atoms with E-state index >= 15 is 0 Å². The molecule has 55 heavy (non-hydrogen) atoms. The largest absolute Gasteiger partial charge is 0.457 e. The molecule has 1 fully saturated rings. The normalized spacial score (nSPS) is 13.6. The standard InChI is InChI=1S/C41H38ClN5O6S2/c1-28-23-36(29(2)46(28)39(30-11-5-3-6-12-30)31-13-7-4-8-14-31)37(48)26-53-38(49)27-54-41-44-43-40(47(41)34-17-10-16-33(42)25-34)32-15-9-18-35(24-32)55(50,51)45-19-21-52-22-20-45/h3-18,23-25,39H,19-22,26-27H2,1-2H3. The molecule has 282 valence electrons. The van der Waals surface area contributed by atoms with E-state index in [0.29, 0.717) is 46.0 Å². The average molecular weight is 796 g/mol. The van der Waals surface area contributed by atoms with Crippen LogP contribution in [0, 0.1) is 13.8 Å².